The van der Waals surface area contributed by atoms with Crippen LogP contribution in [-0.2, 0) is 9.22 Å². The molecular weight excluding hydrogens is 276 g/mol. The van der Waals surface area contributed by atoms with Crippen molar-refractivity contribution < 1.29 is 9.22 Å². The second-order valence-corrected chi connectivity index (χ2v) is 12.3. The molecule has 0 aromatic rings. The highest BCUT2D eigenvalue weighted by Crippen LogP contribution is 2.42. The minimum Gasteiger partial charge on any atom is -0.412 e. The highest BCUT2D eigenvalue weighted by atomic mass is 28.4. The molecule has 0 N–H and O–H groups in total. The Kier molecular flexibility index (Phi) is 9.07. The zero-order valence-electron chi connectivity index (χ0n) is 15.2. The average molecular weight is 311 g/mol. The Morgan fingerprint density at radius 1 is 1.05 bits per heavy atom. The molecular formula is C18H34O2Si. The van der Waals surface area contributed by atoms with Crippen molar-refractivity contribution in [1.29, 1.82) is 0 Å². The third kappa shape index (κ3) is 5.91. The number of carbonyl (C=O) groups is 1. The van der Waals surface area contributed by atoms with Crippen LogP contribution in [0.2, 0.25) is 16.6 Å². The van der Waals surface area contributed by atoms with Gasteiger partial charge in [-0.2, -0.15) is 0 Å². The molecule has 21 heavy (non-hydrogen) atoms. The van der Waals surface area contributed by atoms with Crippen LogP contribution in [0.25, 0.3) is 0 Å². The normalized spacial score (nSPS) is 14.0. The molecule has 0 aliphatic rings. The molecule has 122 valence electrons. The molecule has 0 aliphatic carbocycles. The summed E-state index contributed by atoms with van der Waals surface area (Å²) in [5.41, 5.74) is 2.97. The zero-order valence-corrected chi connectivity index (χ0v) is 16.2. The van der Waals surface area contributed by atoms with E-state index < -0.39 is 8.32 Å². The van der Waals surface area contributed by atoms with E-state index in [1.165, 1.54) is 5.57 Å². The Morgan fingerprint density at radius 2 is 1.52 bits per heavy atom. The van der Waals surface area contributed by atoms with E-state index in [0.717, 1.165) is 0 Å². The van der Waals surface area contributed by atoms with Gasteiger partial charge in [-0.3, -0.25) is 4.79 Å². The Bertz CT molecular complexity index is 357. The van der Waals surface area contributed by atoms with Gasteiger partial charge in [-0.15, -0.1) is 0 Å². The summed E-state index contributed by atoms with van der Waals surface area (Å²) in [6, 6.07) is 0. The van der Waals surface area contributed by atoms with E-state index in [-0.39, 0.29) is 5.78 Å². The third-order valence-corrected chi connectivity index (χ3v) is 10.3. The predicted molar refractivity (Wildman–Crippen MR) is 95.2 cm³/mol. The molecule has 0 rings (SSSR count). The Labute approximate surface area is 132 Å². The zero-order chi connectivity index (χ0) is 16.6. The van der Waals surface area contributed by atoms with Gasteiger partial charge >= 0.3 is 0 Å². The van der Waals surface area contributed by atoms with Gasteiger partial charge in [-0.25, -0.2) is 0 Å². The van der Waals surface area contributed by atoms with Crippen molar-refractivity contribution in [2.75, 3.05) is 6.61 Å². The quantitative estimate of drug-likeness (QED) is 0.312. The molecule has 0 aliphatic heterocycles. The summed E-state index contributed by atoms with van der Waals surface area (Å²) in [4.78, 5) is 11.2. The van der Waals surface area contributed by atoms with Gasteiger partial charge in [0.1, 0.15) is 0 Å². The van der Waals surface area contributed by atoms with Crippen LogP contribution in [0.5, 0.6) is 0 Å². The number of ketones is 1. The van der Waals surface area contributed by atoms with E-state index in [0.29, 0.717) is 29.7 Å². The average Bonchev–Trinajstić information content (AvgIpc) is 2.37. The maximum Gasteiger partial charge on any atom is 0.200 e. The lowest BCUT2D eigenvalue weighted by molar-refractivity contribution is -0.114. The van der Waals surface area contributed by atoms with E-state index in [4.69, 9.17) is 4.43 Å². The second-order valence-electron chi connectivity index (χ2n) is 6.80. The predicted octanol–water partition coefficient (Wildman–Crippen LogP) is 5.66. The van der Waals surface area contributed by atoms with Gasteiger partial charge in [-0.05, 0) is 35.2 Å². The van der Waals surface area contributed by atoms with Crippen LogP contribution in [-0.4, -0.2) is 20.7 Å². The van der Waals surface area contributed by atoms with Gasteiger partial charge < -0.3 is 4.43 Å². The van der Waals surface area contributed by atoms with Crippen LogP contribution in [0, 0.1) is 0 Å². The summed E-state index contributed by atoms with van der Waals surface area (Å²) in [6.07, 6.45) is 6.03. The Hall–Kier alpha value is -0.673. The van der Waals surface area contributed by atoms with E-state index in [1.807, 2.05) is 19.1 Å². The largest absolute Gasteiger partial charge is 0.412 e. The van der Waals surface area contributed by atoms with Gasteiger partial charge in [-0.1, -0.05) is 60.6 Å². The lowest BCUT2D eigenvalue weighted by Gasteiger charge is -2.42. The van der Waals surface area contributed by atoms with Gasteiger partial charge in [0, 0.05) is 6.42 Å². The summed E-state index contributed by atoms with van der Waals surface area (Å²) >= 11 is 0. The van der Waals surface area contributed by atoms with Crippen molar-refractivity contribution >= 4 is 14.1 Å². The smallest absolute Gasteiger partial charge is 0.200 e. The molecule has 2 nitrogen and oxygen atoms in total. The Morgan fingerprint density at radius 3 is 1.90 bits per heavy atom. The van der Waals surface area contributed by atoms with Crippen molar-refractivity contribution in [1.82, 2.24) is 0 Å². The topological polar surface area (TPSA) is 26.3 Å². The molecule has 0 heterocycles. The molecule has 0 aromatic carbocycles. The number of rotatable bonds is 9. The molecule has 3 heteroatoms. The molecule has 0 unspecified atom stereocenters. The van der Waals surface area contributed by atoms with Crippen LogP contribution < -0.4 is 0 Å². The van der Waals surface area contributed by atoms with Crippen molar-refractivity contribution in [3.63, 3.8) is 0 Å². The highest BCUT2D eigenvalue weighted by Gasteiger charge is 2.44. The lowest BCUT2D eigenvalue weighted by Crippen LogP contribution is -2.48. The number of carbonyl (C=O) groups excluding carboxylic acids is 1. The van der Waals surface area contributed by atoms with Crippen molar-refractivity contribution in [2.45, 2.75) is 78.4 Å². The van der Waals surface area contributed by atoms with Crippen LogP contribution in [0.15, 0.2) is 23.8 Å². The number of hydrogen-bond acceptors (Lipinski definition) is 2. The first kappa shape index (κ1) is 20.3. The summed E-state index contributed by atoms with van der Waals surface area (Å²) in [5, 5.41) is 0. The standard InChI is InChI=1S/C18H34O2Si/c1-9-18(19)12-10-11-17(8)13-20-21(14(2)3,15(4)5)16(6)7/h10-12,14-16H,9,13H2,1-8H3/b12-10+,17-11+. The molecule has 0 saturated heterocycles. The van der Waals surface area contributed by atoms with Gasteiger partial charge in [0.25, 0.3) is 0 Å². The van der Waals surface area contributed by atoms with Crippen LogP contribution in [0.3, 0.4) is 0 Å². The fourth-order valence-corrected chi connectivity index (χ4v) is 8.70. The minimum atomic E-state index is -1.79. The SMILES string of the molecule is CCC(=O)/C=C/C=C(\C)CO[Si](C(C)C)(C(C)C)C(C)C. The maximum atomic E-state index is 11.2. The molecule has 0 saturated carbocycles. The van der Waals surface area contributed by atoms with E-state index in [1.54, 1.807) is 6.08 Å². The Balaban J connectivity index is 4.88. The fraction of sp³-hybridized carbons (Fsp3) is 0.722. The first-order chi connectivity index (χ1) is 9.68. The molecule has 0 bridgehead atoms. The highest BCUT2D eigenvalue weighted by molar-refractivity contribution is 6.77. The minimum absolute atomic E-state index is 0.162. The molecule has 0 atom stereocenters. The summed E-state index contributed by atoms with van der Waals surface area (Å²) < 4.78 is 6.51. The molecule has 0 aromatic heterocycles. The molecule has 0 fully saturated rings. The summed E-state index contributed by atoms with van der Waals surface area (Å²) in [7, 11) is -1.79. The van der Waals surface area contributed by atoms with E-state index in [9.17, 15) is 4.79 Å². The number of allylic oxidation sites excluding steroid dienone is 3. The van der Waals surface area contributed by atoms with Gasteiger partial charge in [0.05, 0.1) is 6.61 Å². The van der Waals surface area contributed by atoms with E-state index in [2.05, 4.69) is 48.5 Å². The molecule has 0 radical (unpaired) electrons. The van der Waals surface area contributed by atoms with Crippen molar-refractivity contribution in [2.24, 2.45) is 0 Å². The number of hydrogen-bond donors (Lipinski definition) is 0. The van der Waals surface area contributed by atoms with Crippen LogP contribution in [0.4, 0.5) is 0 Å². The van der Waals surface area contributed by atoms with Gasteiger partial charge in [0.2, 0.25) is 8.32 Å². The second kappa shape index (κ2) is 9.37. The first-order valence-electron chi connectivity index (χ1n) is 8.19. The molecule has 0 amide bonds. The maximum absolute atomic E-state index is 11.2. The third-order valence-electron chi connectivity index (χ3n) is 4.27. The van der Waals surface area contributed by atoms with Crippen molar-refractivity contribution in [3.05, 3.63) is 23.8 Å². The van der Waals surface area contributed by atoms with Crippen LogP contribution in [0.1, 0.15) is 61.8 Å². The van der Waals surface area contributed by atoms with Crippen LogP contribution >= 0.6 is 0 Å². The monoisotopic (exact) mass is 310 g/mol. The first-order valence-corrected chi connectivity index (χ1v) is 10.3. The van der Waals surface area contributed by atoms with Crippen molar-refractivity contribution in [3.8, 4) is 0 Å². The fourth-order valence-electron chi connectivity index (χ4n) is 3.22. The van der Waals surface area contributed by atoms with E-state index >= 15 is 0 Å². The van der Waals surface area contributed by atoms with Gasteiger partial charge in [0.15, 0.2) is 5.78 Å². The summed E-state index contributed by atoms with van der Waals surface area (Å²) in [6.45, 7) is 18.4. The lowest BCUT2D eigenvalue weighted by atomic mass is 10.2. The summed E-state index contributed by atoms with van der Waals surface area (Å²) in [5.74, 6) is 0.162. The molecule has 0 spiro atoms.